The Hall–Kier alpha value is -2.80. The lowest BCUT2D eigenvalue weighted by Crippen LogP contribution is -2.54. The number of methoxy groups -OCH3 is 1. The van der Waals surface area contributed by atoms with Gasteiger partial charge in [-0.15, -0.1) is 0 Å². The quantitative estimate of drug-likeness (QED) is 0.723. The average Bonchev–Trinajstić information content (AvgIpc) is 2.74. The predicted octanol–water partition coefficient (Wildman–Crippen LogP) is 2.91. The fourth-order valence-corrected chi connectivity index (χ4v) is 3.50. The van der Waals surface area contributed by atoms with Crippen LogP contribution < -0.4 is 20.1 Å². The number of rotatable bonds is 7. The van der Waals surface area contributed by atoms with Gasteiger partial charge in [0.15, 0.2) is 0 Å². The Morgan fingerprint density at radius 3 is 2.62 bits per heavy atom. The monoisotopic (exact) mass is 401 g/mol. The molecule has 3 rings (SSSR count). The minimum absolute atomic E-state index is 0.0292. The molecule has 1 amide bonds. The summed E-state index contributed by atoms with van der Waals surface area (Å²) in [6.07, 6.45) is 0.669. The lowest BCUT2D eigenvalue weighted by Gasteiger charge is -2.41. The molecule has 1 heterocycles. The van der Waals surface area contributed by atoms with E-state index in [1.54, 1.807) is 12.0 Å². The van der Waals surface area contributed by atoms with Crippen LogP contribution in [0.25, 0.3) is 0 Å². The molecule has 0 radical (unpaired) electrons. The highest BCUT2D eigenvalue weighted by Crippen LogP contribution is 2.26. The summed E-state index contributed by atoms with van der Waals surface area (Å²) in [4.78, 5) is 17.2. The molecule has 156 valence electrons. The van der Waals surface area contributed by atoms with E-state index in [9.17, 15) is 9.18 Å². The number of hydrogen-bond donors (Lipinski definition) is 1. The lowest BCUT2D eigenvalue weighted by molar-refractivity contribution is 0.0669. The zero-order valence-corrected chi connectivity index (χ0v) is 16.9. The molecule has 29 heavy (non-hydrogen) atoms. The molecule has 1 aliphatic rings. The van der Waals surface area contributed by atoms with E-state index < -0.39 is 5.82 Å². The molecule has 2 N–H and O–H groups in total. The number of ether oxygens (including phenoxy) is 2. The van der Waals surface area contributed by atoms with Crippen LogP contribution in [0.15, 0.2) is 42.5 Å². The lowest BCUT2D eigenvalue weighted by atomic mass is 10.1. The van der Waals surface area contributed by atoms with E-state index in [1.807, 2.05) is 31.2 Å². The predicted molar refractivity (Wildman–Crippen MR) is 111 cm³/mol. The van der Waals surface area contributed by atoms with Crippen molar-refractivity contribution >= 4 is 11.6 Å². The second-order valence-electron chi connectivity index (χ2n) is 7.12. The van der Waals surface area contributed by atoms with Gasteiger partial charge in [0, 0.05) is 31.4 Å². The molecular formula is C22H28FN3O3. The average molecular weight is 401 g/mol. The summed E-state index contributed by atoms with van der Waals surface area (Å²) in [6, 6.07) is 11.9. The van der Waals surface area contributed by atoms with Gasteiger partial charge in [-0.25, -0.2) is 4.39 Å². The zero-order valence-electron chi connectivity index (χ0n) is 16.9. The maximum atomic E-state index is 13.8. The largest absolute Gasteiger partial charge is 0.497 e. The zero-order chi connectivity index (χ0) is 20.8. The Morgan fingerprint density at radius 1 is 1.21 bits per heavy atom. The Bertz CT molecular complexity index is 829. The number of anilines is 1. The van der Waals surface area contributed by atoms with Crippen LogP contribution in [0.3, 0.4) is 0 Å². The normalized spacial score (nSPS) is 16.6. The van der Waals surface area contributed by atoms with Crippen LogP contribution in [0, 0.1) is 5.82 Å². The number of carbonyl (C=O) groups is 1. The third kappa shape index (κ3) is 4.98. The molecule has 1 aliphatic heterocycles. The van der Waals surface area contributed by atoms with Crippen LogP contribution in [0.4, 0.5) is 10.1 Å². The van der Waals surface area contributed by atoms with Crippen molar-refractivity contribution in [1.82, 2.24) is 4.90 Å². The molecule has 2 aromatic carbocycles. The molecule has 0 unspecified atom stereocenters. The molecule has 0 aliphatic carbocycles. The summed E-state index contributed by atoms with van der Waals surface area (Å²) < 4.78 is 24.7. The van der Waals surface area contributed by atoms with Gasteiger partial charge < -0.3 is 25.0 Å². The number of benzene rings is 2. The van der Waals surface area contributed by atoms with E-state index >= 15 is 0 Å². The maximum Gasteiger partial charge on any atom is 0.258 e. The van der Waals surface area contributed by atoms with Crippen molar-refractivity contribution in [2.75, 3.05) is 44.8 Å². The van der Waals surface area contributed by atoms with Crippen molar-refractivity contribution in [3.05, 3.63) is 53.8 Å². The molecule has 0 saturated carbocycles. The van der Waals surface area contributed by atoms with Gasteiger partial charge in [0.05, 0.1) is 19.3 Å². The van der Waals surface area contributed by atoms with E-state index in [0.29, 0.717) is 45.0 Å². The molecule has 0 aromatic heterocycles. The molecule has 1 saturated heterocycles. The number of carbonyl (C=O) groups excluding carboxylic acids is 1. The van der Waals surface area contributed by atoms with Gasteiger partial charge in [0.25, 0.3) is 5.91 Å². The van der Waals surface area contributed by atoms with E-state index in [1.165, 1.54) is 18.2 Å². The molecule has 1 fully saturated rings. The fourth-order valence-electron chi connectivity index (χ4n) is 3.50. The topological polar surface area (TPSA) is 68.0 Å². The molecule has 0 bridgehead atoms. The highest BCUT2D eigenvalue weighted by molar-refractivity contribution is 5.97. The van der Waals surface area contributed by atoms with Gasteiger partial charge in [0.2, 0.25) is 0 Å². The van der Waals surface area contributed by atoms with Crippen LogP contribution in [0.2, 0.25) is 0 Å². The number of piperazine rings is 1. The Morgan fingerprint density at radius 2 is 1.97 bits per heavy atom. The first kappa shape index (κ1) is 20.9. The third-order valence-corrected chi connectivity index (χ3v) is 5.10. The Labute approximate surface area is 171 Å². The minimum Gasteiger partial charge on any atom is -0.497 e. The van der Waals surface area contributed by atoms with E-state index in [4.69, 9.17) is 15.2 Å². The molecular weight excluding hydrogens is 373 g/mol. The Balaban J connectivity index is 1.71. The standard InChI is InChI=1S/C22H28FN3O3/c1-16-15-25(18-5-7-19(28-2)8-6-18)11-12-26(16)22(27)20-14-17(23)4-9-21(20)29-13-3-10-24/h4-9,14,16H,3,10-13,15,24H2,1-2H3/t16-/m1/s1. The fraction of sp³-hybridized carbons (Fsp3) is 0.409. The van der Waals surface area contributed by atoms with E-state index in [0.717, 1.165) is 11.4 Å². The van der Waals surface area contributed by atoms with Crippen molar-refractivity contribution in [2.24, 2.45) is 5.73 Å². The van der Waals surface area contributed by atoms with Crippen molar-refractivity contribution in [3.63, 3.8) is 0 Å². The van der Waals surface area contributed by atoms with Crippen molar-refractivity contribution < 1.29 is 18.7 Å². The van der Waals surface area contributed by atoms with Crippen molar-refractivity contribution in [3.8, 4) is 11.5 Å². The van der Waals surface area contributed by atoms with Crippen LogP contribution in [-0.2, 0) is 0 Å². The number of amides is 1. The first-order valence-corrected chi connectivity index (χ1v) is 9.86. The maximum absolute atomic E-state index is 13.8. The van der Waals surface area contributed by atoms with E-state index in [2.05, 4.69) is 4.90 Å². The Kier molecular flexibility index (Phi) is 6.93. The third-order valence-electron chi connectivity index (χ3n) is 5.10. The summed E-state index contributed by atoms with van der Waals surface area (Å²) in [5.74, 6) is 0.539. The van der Waals surface area contributed by atoms with E-state index in [-0.39, 0.29) is 17.5 Å². The summed E-state index contributed by atoms with van der Waals surface area (Å²) in [5, 5.41) is 0. The molecule has 6 nitrogen and oxygen atoms in total. The van der Waals surface area contributed by atoms with Crippen LogP contribution >= 0.6 is 0 Å². The molecule has 7 heteroatoms. The van der Waals surface area contributed by atoms with Gasteiger partial charge in [-0.1, -0.05) is 0 Å². The second-order valence-corrected chi connectivity index (χ2v) is 7.12. The SMILES string of the molecule is COc1ccc(N2CCN(C(=O)c3cc(F)ccc3OCCCN)[C@H](C)C2)cc1. The van der Waals surface area contributed by atoms with Gasteiger partial charge in [-0.05, 0) is 62.4 Å². The van der Waals surface area contributed by atoms with Crippen LogP contribution in [0.5, 0.6) is 11.5 Å². The highest BCUT2D eigenvalue weighted by Gasteiger charge is 2.30. The first-order valence-electron chi connectivity index (χ1n) is 9.86. The molecule has 0 spiro atoms. The second kappa shape index (κ2) is 9.60. The highest BCUT2D eigenvalue weighted by atomic mass is 19.1. The number of nitrogens with zero attached hydrogens (tertiary/aromatic N) is 2. The summed E-state index contributed by atoms with van der Waals surface area (Å²) in [7, 11) is 1.64. The van der Waals surface area contributed by atoms with Crippen molar-refractivity contribution in [2.45, 2.75) is 19.4 Å². The van der Waals surface area contributed by atoms with Crippen LogP contribution in [0.1, 0.15) is 23.7 Å². The number of hydrogen-bond acceptors (Lipinski definition) is 5. The van der Waals surface area contributed by atoms with Crippen LogP contribution in [-0.4, -0.2) is 56.7 Å². The van der Waals surface area contributed by atoms with Crippen molar-refractivity contribution in [1.29, 1.82) is 0 Å². The number of halogens is 1. The van der Waals surface area contributed by atoms with Gasteiger partial charge in [-0.3, -0.25) is 4.79 Å². The van der Waals surface area contributed by atoms with Gasteiger partial charge >= 0.3 is 0 Å². The molecule has 1 atom stereocenters. The van der Waals surface area contributed by atoms with Gasteiger partial charge in [0.1, 0.15) is 17.3 Å². The number of nitrogens with two attached hydrogens (primary N) is 1. The minimum atomic E-state index is -0.455. The first-order chi connectivity index (χ1) is 14.0. The smallest absolute Gasteiger partial charge is 0.258 e. The van der Waals surface area contributed by atoms with Gasteiger partial charge in [-0.2, -0.15) is 0 Å². The summed E-state index contributed by atoms with van der Waals surface area (Å²) in [5.41, 5.74) is 6.84. The summed E-state index contributed by atoms with van der Waals surface area (Å²) >= 11 is 0. The molecule has 2 aromatic rings. The summed E-state index contributed by atoms with van der Waals surface area (Å²) in [6.45, 7) is 4.82.